The van der Waals surface area contributed by atoms with Crippen LogP contribution in [-0.2, 0) is 24.8 Å². The average molecular weight is 303 g/mol. The van der Waals surface area contributed by atoms with Crippen molar-refractivity contribution in [3.8, 4) is 0 Å². The van der Waals surface area contributed by atoms with Gasteiger partial charge in [0.2, 0.25) is 5.76 Å². The van der Waals surface area contributed by atoms with E-state index >= 15 is 0 Å². The summed E-state index contributed by atoms with van der Waals surface area (Å²) in [6.07, 6.45) is -2.93. The summed E-state index contributed by atoms with van der Waals surface area (Å²) in [5.41, 5.74) is 0.0883. The Kier molecular flexibility index (Phi) is 4.04. The van der Waals surface area contributed by atoms with Gasteiger partial charge in [0.15, 0.2) is 0 Å². The largest absolute Gasteiger partial charge is 0.452 e. The quantitative estimate of drug-likeness (QED) is 0.918. The molecule has 0 bridgehead atoms. The van der Waals surface area contributed by atoms with E-state index in [0.717, 1.165) is 6.07 Å². The number of hydrogen-bond acceptors (Lipinski definition) is 5. The Balaban J connectivity index is 2.05. The Morgan fingerprint density at radius 1 is 1.33 bits per heavy atom. The summed E-state index contributed by atoms with van der Waals surface area (Å²) < 4.78 is 41.9. The van der Waals surface area contributed by atoms with Gasteiger partial charge in [-0.25, -0.2) is 0 Å². The number of aryl methyl sites for hydroxylation is 1. The van der Waals surface area contributed by atoms with Crippen molar-refractivity contribution in [2.75, 3.05) is 0 Å². The van der Waals surface area contributed by atoms with E-state index in [1.807, 2.05) is 6.92 Å². The minimum Gasteiger partial charge on any atom is -0.351 e. The fourth-order valence-electron chi connectivity index (χ4n) is 1.67. The predicted octanol–water partition coefficient (Wildman–Crippen LogP) is 2.33. The molecule has 0 saturated heterocycles. The van der Waals surface area contributed by atoms with Crippen LogP contribution in [0.4, 0.5) is 13.2 Å². The first-order chi connectivity index (χ1) is 9.72. The number of rotatable bonds is 5. The highest BCUT2D eigenvalue weighted by molar-refractivity contribution is 5.16. The third-order valence-corrected chi connectivity index (χ3v) is 3.01. The molecule has 0 aliphatic carbocycles. The van der Waals surface area contributed by atoms with E-state index in [9.17, 15) is 13.2 Å². The lowest BCUT2D eigenvalue weighted by Gasteiger charge is -2.22. The molecule has 0 saturated carbocycles. The molecule has 0 spiro atoms. The average Bonchev–Trinajstić information content (AvgIpc) is 3.05. The maximum atomic E-state index is 12.5. The molecule has 0 aromatic carbocycles. The molecule has 2 aromatic heterocycles. The van der Waals surface area contributed by atoms with E-state index in [1.165, 1.54) is 4.80 Å². The number of nitrogens with one attached hydrogen (secondary N) is 1. The van der Waals surface area contributed by atoms with E-state index < -0.39 is 17.5 Å². The fraction of sp³-hybridized carbons (Fsp3) is 0.583. The topological polar surface area (TPSA) is 68.8 Å². The van der Waals surface area contributed by atoms with E-state index in [1.54, 1.807) is 20.0 Å². The fourth-order valence-corrected chi connectivity index (χ4v) is 1.67. The van der Waals surface area contributed by atoms with Crippen molar-refractivity contribution in [3.63, 3.8) is 0 Å². The monoisotopic (exact) mass is 303 g/mol. The van der Waals surface area contributed by atoms with Crippen LogP contribution in [0, 0.1) is 0 Å². The summed E-state index contributed by atoms with van der Waals surface area (Å²) in [4.78, 5) is 1.53. The number of nitrogens with zero attached hydrogens (tertiary/aromatic N) is 4. The van der Waals surface area contributed by atoms with E-state index in [-0.39, 0.29) is 5.69 Å². The Bertz CT molecular complexity index is 602. The van der Waals surface area contributed by atoms with Crippen LogP contribution < -0.4 is 5.32 Å². The van der Waals surface area contributed by atoms with Crippen LogP contribution >= 0.6 is 0 Å². The summed E-state index contributed by atoms with van der Waals surface area (Å²) in [7, 11) is 0. The standard InChI is InChI=1S/C12H16F3N5O/c1-4-20-17-7-8(18-20)6-16-11(2,3)9-5-10(21-19-9)12(13,14)15/h5,7,16H,4,6H2,1-3H3. The molecule has 116 valence electrons. The van der Waals surface area contributed by atoms with Crippen molar-refractivity contribution >= 4 is 0 Å². The van der Waals surface area contributed by atoms with Gasteiger partial charge in [0, 0.05) is 12.6 Å². The summed E-state index contributed by atoms with van der Waals surface area (Å²) in [6.45, 7) is 6.36. The minimum absolute atomic E-state index is 0.178. The van der Waals surface area contributed by atoms with Crippen LogP contribution in [0.25, 0.3) is 0 Å². The highest BCUT2D eigenvalue weighted by Gasteiger charge is 2.38. The molecule has 0 amide bonds. The molecule has 9 heteroatoms. The minimum atomic E-state index is -4.54. The lowest BCUT2D eigenvalue weighted by atomic mass is 10.0. The van der Waals surface area contributed by atoms with Crippen LogP contribution in [0.2, 0.25) is 0 Å². The predicted molar refractivity (Wildman–Crippen MR) is 67.1 cm³/mol. The highest BCUT2D eigenvalue weighted by atomic mass is 19.4. The van der Waals surface area contributed by atoms with E-state index in [2.05, 4.69) is 25.2 Å². The second kappa shape index (κ2) is 5.47. The summed E-state index contributed by atoms with van der Waals surface area (Å²) in [5, 5.41) is 14.8. The molecular formula is C12H16F3N5O. The third kappa shape index (κ3) is 3.60. The van der Waals surface area contributed by atoms with Gasteiger partial charge in [-0.1, -0.05) is 5.16 Å². The SMILES string of the molecule is CCn1ncc(CNC(C)(C)c2cc(C(F)(F)F)on2)n1. The third-order valence-electron chi connectivity index (χ3n) is 3.01. The summed E-state index contributed by atoms with van der Waals surface area (Å²) >= 11 is 0. The second-order valence-electron chi connectivity index (χ2n) is 5.08. The molecule has 0 radical (unpaired) electrons. The molecule has 0 fully saturated rings. The Hall–Kier alpha value is -1.90. The molecule has 0 aliphatic rings. The lowest BCUT2D eigenvalue weighted by Crippen LogP contribution is -2.36. The van der Waals surface area contributed by atoms with Crippen LogP contribution in [0.3, 0.4) is 0 Å². The van der Waals surface area contributed by atoms with Crippen LogP contribution in [0.5, 0.6) is 0 Å². The van der Waals surface area contributed by atoms with Crippen molar-refractivity contribution in [3.05, 3.63) is 29.4 Å². The maximum Gasteiger partial charge on any atom is 0.452 e. The first kappa shape index (κ1) is 15.5. The molecule has 2 heterocycles. The number of hydrogen-bond donors (Lipinski definition) is 1. The van der Waals surface area contributed by atoms with Crippen molar-refractivity contribution < 1.29 is 17.7 Å². The summed E-state index contributed by atoms with van der Waals surface area (Å²) in [6, 6.07) is 0.899. The highest BCUT2D eigenvalue weighted by Crippen LogP contribution is 2.32. The lowest BCUT2D eigenvalue weighted by molar-refractivity contribution is -0.155. The van der Waals surface area contributed by atoms with Crippen molar-refractivity contribution in [2.45, 2.75) is 45.6 Å². The van der Waals surface area contributed by atoms with Gasteiger partial charge in [-0.3, -0.25) is 0 Å². The maximum absolute atomic E-state index is 12.5. The Morgan fingerprint density at radius 2 is 2.05 bits per heavy atom. The number of halogens is 3. The molecule has 21 heavy (non-hydrogen) atoms. The Morgan fingerprint density at radius 3 is 2.57 bits per heavy atom. The van der Waals surface area contributed by atoms with Gasteiger partial charge in [-0.15, -0.1) is 0 Å². The van der Waals surface area contributed by atoms with Gasteiger partial charge >= 0.3 is 6.18 Å². The normalized spacial score (nSPS) is 12.9. The zero-order valence-electron chi connectivity index (χ0n) is 11.9. The summed E-state index contributed by atoms with van der Waals surface area (Å²) in [5.74, 6) is -1.11. The Labute approximate surface area is 119 Å². The van der Waals surface area contributed by atoms with Gasteiger partial charge < -0.3 is 9.84 Å². The van der Waals surface area contributed by atoms with Gasteiger partial charge in [0.05, 0.1) is 24.0 Å². The van der Waals surface area contributed by atoms with E-state index in [0.29, 0.717) is 18.8 Å². The van der Waals surface area contributed by atoms with Crippen molar-refractivity contribution in [1.82, 2.24) is 25.5 Å². The number of aromatic nitrogens is 4. The van der Waals surface area contributed by atoms with Crippen LogP contribution in [0.15, 0.2) is 16.8 Å². The zero-order valence-corrected chi connectivity index (χ0v) is 11.9. The number of alkyl halides is 3. The van der Waals surface area contributed by atoms with Crippen LogP contribution in [0.1, 0.15) is 37.9 Å². The zero-order chi connectivity index (χ0) is 15.7. The first-order valence-corrected chi connectivity index (χ1v) is 6.41. The second-order valence-corrected chi connectivity index (χ2v) is 5.08. The molecule has 1 N–H and O–H groups in total. The van der Waals surface area contributed by atoms with Gasteiger partial charge in [-0.05, 0) is 20.8 Å². The van der Waals surface area contributed by atoms with Gasteiger partial charge in [0.1, 0.15) is 5.69 Å². The first-order valence-electron chi connectivity index (χ1n) is 6.41. The van der Waals surface area contributed by atoms with Gasteiger partial charge in [0.25, 0.3) is 0 Å². The van der Waals surface area contributed by atoms with E-state index in [4.69, 9.17) is 0 Å². The molecular weight excluding hydrogens is 287 g/mol. The molecule has 2 aromatic rings. The molecule has 2 rings (SSSR count). The van der Waals surface area contributed by atoms with Gasteiger partial charge in [-0.2, -0.15) is 28.2 Å². The van der Waals surface area contributed by atoms with Crippen LogP contribution in [-0.4, -0.2) is 20.2 Å². The molecule has 0 atom stereocenters. The molecule has 0 aliphatic heterocycles. The van der Waals surface area contributed by atoms with Crippen molar-refractivity contribution in [1.29, 1.82) is 0 Å². The smallest absolute Gasteiger partial charge is 0.351 e. The molecule has 0 unspecified atom stereocenters. The van der Waals surface area contributed by atoms with Crippen molar-refractivity contribution in [2.24, 2.45) is 0 Å². The molecule has 6 nitrogen and oxygen atoms in total.